The van der Waals surface area contributed by atoms with Crippen molar-refractivity contribution in [2.75, 3.05) is 19.7 Å². The van der Waals surface area contributed by atoms with Crippen molar-refractivity contribution < 1.29 is 9.50 Å². The Kier molecular flexibility index (Phi) is 6.86. The molecule has 102 valence electrons. The van der Waals surface area contributed by atoms with E-state index in [1.165, 1.54) is 6.07 Å². The first-order valence-corrected chi connectivity index (χ1v) is 6.51. The van der Waals surface area contributed by atoms with Gasteiger partial charge in [0.25, 0.3) is 0 Å². The molecule has 0 fully saturated rings. The fraction of sp³-hybridized carbons (Fsp3) is 0.571. The zero-order valence-corrected chi connectivity index (χ0v) is 11.0. The largest absolute Gasteiger partial charge is 0.395 e. The van der Waals surface area contributed by atoms with Crippen molar-refractivity contribution in [3.05, 3.63) is 35.1 Å². The van der Waals surface area contributed by atoms with E-state index in [0.29, 0.717) is 19.6 Å². The van der Waals surface area contributed by atoms with Crippen molar-refractivity contribution in [3.8, 4) is 0 Å². The van der Waals surface area contributed by atoms with E-state index in [1.54, 1.807) is 12.1 Å². The second-order valence-electron chi connectivity index (χ2n) is 4.47. The molecule has 3 nitrogen and oxygen atoms in total. The average molecular weight is 254 g/mol. The number of halogens is 1. The van der Waals surface area contributed by atoms with E-state index < -0.39 is 0 Å². The highest BCUT2D eigenvalue weighted by Gasteiger charge is 2.09. The van der Waals surface area contributed by atoms with Gasteiger partial charge in [0.05, 0.1) is 6.61 Å². The monoisotopic (exact) mass is 254 g/mol. The fourth-order valence-electron chi connectivity index (χ4n) is 1.97. The second-order valence-corrected chi connectivity index (χ2v) is 4.47. The fourth-order valence-corrected chi connectivity index (χ4v) is 1.97. The van der Waals surface area contributed by atoms with Crippen LogP contribution < -0.4 is 5.73 Å². The predicted molar refractivity (Wildman–Crippen MR) is 71.6 cm³/mol. The molecule has 1 aromatic rings. The molecule has 1 aromatic carbocycles. The molecular formula is C14H23FN2O. The number of nitrogens with two attached hydrogens (primary N) is 1. The molecule has 0 aliphatic heterocycles. The first-order valence-electron chi connectivity index (χ1n) is 6.51. The van der Waals surface area contributed by atoms with Crippen LogP contribution in [0.3, 0.4) is 0 Å². The van der Waals surface area contributed by atoms with Gasteiger partial charge in [-0.15, -0.1) is 0 Å². The Morgan fingerprint density at radius 3 is 2.67 bits per heavy atom. The lowest BCUT2D eigenvalue weighted by Crippen LogP contribution is -2.28. The van der Waals surface area contributed by atoms with Crippen LogP contribution in [0.4, 0.5) is 4.39 Å². The van der Waals surface area contributed by atoms with E-state index >= 15 is 0 Å². The maximum absolute atomic E-state index is 13.3. The molecular weight excluding hydrogens is 231 g/mol. The molecule has 0 unspecified atom stereocenters. The summed E-state index contributed by atoms with van der Waals surface area (Å²) < 4.78 is 13.3. The molecule has 0 atom stereocenters. The first-order chi connectivity index (χ1) is 8.71. The standard InChI is InChI=1S/C14H23FN2O/c1-2-3-6-17(7-8-18)11-13-9-14(15)5-4-12(13)10-16/h4-5,9,18H,2-3,6-8,10-11,16H2,1H3. The Hall–Kier alpha value is -0.970. The molecule has 0 aliphatic rings. The highest BCUT2D eigenvalue weighted by Crippen LogP contribution is 2.14. The highest BCUT2D eigenvalue weighted by atomic mass is 19.1. The van der Waals surface area contributed by atoms with Crippen molar-refractivity contribution in [3.63, 3.8) is 0 Å². The molecule has 18 heavy (non-hydrogen) atoms. The molecule has 0 aliphatic carbocycles. The molecule has 4 heteroatoms. The van der Waals surface area contributed by atoms with Crippen LogP contribution in [-0.2, 0) is 13.1 Å². The smallest absolute Gasteiger partial charge is 0.123 e. The summed E-state index contributed by atoms with van der Waals surface area (Å²) in [6, 6.07) is 4.72. The van der Waals surface area contributed by atoms with Crippen molar-refractivity contribution in [2.45, 2.75) is 32.9 Å². The van der Waals surface area contributed by atoms with Crippen LogP contribution >= 0.6 is 0 Å². The summed E-state index contributed by atoms with van der Waals surface area (Å²) >= 11 is 0. The van der Waals surface area contributed by atoms with Gasteiger partial charge in [0.1, 0.15) is 5.82 Å². The molecule has 0 heterocycles. The maximum Gasteiger partial charge on any atom is 0.123 e. The van der Waals surface area contributed by atoms with E-state index in [4.69, 9.17) is 10.8 Å². The first kappa shape index (κ1) is 15.1. The Morgan fingerprint density at radius 1 is 1.28 bits per heavy atom. The molecule has 0 aromatic heterocycles. The zero-order chi connectivity index (χ0) is 13.4. The van der Waals surface area contributed by atoms with Crippen LogP contribution in [0.2, 0.25) is 0 Å². The van der Waals surface area contributed by atoms with Crippen LogP contribution in [-0.4, -0.2) is 29.7 Å². The number of aliphatic hydroxyl groups excluding tert-OH is 1. The minimum atomic E-state index is -0.235. The summed E-state index contributed by atoms with van der Waals surface area (Å²) in [5.41, 5.74) is 7.55. The number of nitrogens with zero attached hydrogens (tertiary/aromatic N) is 1. The van der Waals surface area contributed by atoms with Crippen LogP contribution in [0.15, 0.2) is 18.2 Å². The lowest BCUT2D eigenvalue weighted by Gasteiger charge is -2.22. The summed E-state index contributed by atoms with van der Waals surface area (Å²) in [7, 11) is 0. The van der Waals surface area contributed by atoms with Gasteiger partial charge in [-0.3, -0.25) is 4.90 Å². The molecule has 3 N–H and O–H groups in total. The molecule has 0 saturated carbocycles. The number of hydrogen-bond donors (Lipinski definition) is 2. The summed E-state index contributed by atoms with van der Waals surface area (Å²) in [6.45, 7) is 4.83. The lowest BCUT2D eigenvalue weighted by atomic mass is 10.1. The van der Waals surface area contributed by atoms with Gasteiger partial charge >= 0.3 is 0 Å². The second kappa shape index (κ2) is 8.19. The molecule has 0 amide bonds. The van der Waals surface area contributed by atoms with Gasteiger partial charge in [0.2, 0.25) is 0 Å². The molecule has 0 saturated heterocycles. The highest BCUT2D eigenvalue weighted by molar-refractivity contribution is 5.27. The van der Waals surface area contributed by atoms with Crippen LogP contribution in [0.1, 0.15) is 30.9 Å². The Bertz CT molecular complexity index is 358. The zero-order valence-electron chi connectivity index (χ0n) is 11.0. The summed E-state index contributed by atoms with van der Waals surface area (Å²) in [5, 5.41) is 9.05. The summed E-state index contributed by atoms with van der Waals surface area (Å²) in [6.07, 6.45) is 2.18. The van der Waals surface area contributed by atoms with Gasteiger partial charge in [-0.2, -0.15) is 0 Å². The normalized spacial score (nSPS) is 11.2. The molecule has 0 bridgehead atoms. The van der Waals surface area contributed by atoms with E-state index in [-0.39, 0.29) is 12.4 Å². The molecule has 1 rings (SSSR count). The molecule has 0 spiro atoms. The third-order valence-electron chi connectivity index (χ3n) is 3.03. The lowest BCUT2D eigenvalue weighted by molar-refractivity contribution is 0.188. The number of benzene rings is 1. The minimum Gasteiger partial charge on any atom is -0.395 e. The maximum atomic E-state index is 13.3. The Balaban J connectivity index is 2.74. The average Bonchev–Trinajstić information content (AvgIpc) is 2.36. The Morgan fingerprint density at radius 2 is 2.06 bits per heavy atom. The predicted octanol–water partition coefficient (Wildman–Crippen LogP) is 1.88. The van der Waals surface area contributed by atoms with Crippen molar-refractivity contribution >= 4 is 0 Å². The third-order valence-corrected chi connectivity index (χ3v) is 3.03. The van der Waals surface area contributed by atoms with Crippen LogP contribution in [0, 0.1) is 5.82 Å². The number of unbranched alkanes of at least 4 members (excludes halogenated alkanes) is 1. The number of hydrogen-bond acceptors (Lipinski definition) is 3. The van der Waals surface area contributed by atoms with Crippen molar-refractivity contribution in [1.82, 2.24) is 4.90 Å². The van der Waals surface area contributed by atoms with Gasteiger partial charge < -0.3 is 10.8 Å². The van der Waals surface area contributed by atoms with Gasteiger partial charge in [-0.1, -0.05) is 19.4 Å². The third kappa shape index (κ3) is 4.72. The van der Waals surface area contributed by atoms with E-state index in [0.717, 1.165) is 30.5 Å². The van der Waals surface area contributed by atoms with Gasteiger partial charge in [0, 0.05) is 19.6 Å². The van der Waals surface area contributed by atoms with Gasteiger partial charge in [0.15, 0.2) is 0 Å². The van der Waals surface area contributed by atoms with Crippen molar-refractivity contribution in [2.24, 2.45) is 5.73 Å². The molecule has 0 radical (unpaired) electrons. The van der Waals surface area contributed by atoms with Crippen molar-refractivity contribution in [1.29, 1.82) is 0 Å². The topological polar surface area (TPSA) is 49.5 Å². The van der Waals surface area contributed by atoms with E-state index in [1.807, 2.05) is 0 Å². The van der Waals surface area contributed by atoms with E-state index in [2.05, 4.69) is 11.8 Å². The van der Waals surface area contributed by atoms with Crippen LogP contribution in [0.25, 0.3) is 0 Å². The number of aliphatic hydroxyl groups is 1. The van der Waals surface area contributed by atoms with Gasteiger partial charge in [-0.25, -0.2) is 4.39 Å². The number of rotatable bonds is 8. The minimum absolute atomic E-state index is 0.122. The van der Waals surface area contributed by atoms with Crippen LogP contribution in [0.5, 0.6) is 0 Å². The summed E-state index contributed by atoms with van der Waals surface area (Å²) in [5.74, 6) is -0.235. The summed E-state index contributed by atoms with van der Waals surface area (Å²) in [4.78, 5) is 2.14. The quantitative estimate of drug-likeness (QED) is 0.744. The SMILES string of the molecule is CCCCN(CCO)Cc1cc(F)ccc1CN. The van der Waals surface area contributed by atoms with E-state index in [9.17, 15) is 4.39 Å². The Labute approximate surface area is 108 Å². The van der Waals surface area contributed by atoms with Gasteiger partial charge in [-0.05, 0) is 36.2 Å².